The van der Waals surface area contributed by atoms with Gasteiger partial charge in [0.1, 0.15) is 16.5 Å². The van der Waals surface area contributed by atoms with Gasteiger partial charge in [0, 0.05) is 6.07 Å². The summed E-state index contributed by atoms with van der Waals surface area (Å²) in [6.45, 7) is 0. The number of hydrogen-bond acceptors (Lipinski definition) is 4. The third kappa shape index (κ3) is 1.93. The lowest BCUT2D eigenvalue weighted by molar-refractivity contribution is 0.415. The van der Waals surface area contributed by atoms with E-state index in [9.17, 15) is 4.39 Å². The van der Waals surface area contributed by atoms with E-state index < -0.39 is 5.95 Å². The van der Waals surface area contributed by atoms with E-state index in [2.05, 4.69) is 9.97 Å². The molecular weight excluding hydrogens is 251 g/mol. The Morgan fingerprint density at radius 1 is 1.17 bits per heavy atom. The predicted octanol–water partition coefficient (Wildman–Crippen LogP) is 3.51. The van der Waals surface area contributed by atoms with Crippen LogP contribution in [0.5, 0.6) is 5.75 Å². The molecule has 90 valence electrons. The Morgan fingerprint density at radius 3 is 2.83 bits per heavy atom. The number of pyridine rings is 1. The summed E-state index contributed by atoms with van der Waals surface area (Å²) in [5.41, 5.74) is 1.38. The van der Waals surface area contributed by atoms with Crippen LogP contribution in [-0.2, 0) is 0 Å². The van der Waals surface area contributed by atoms with E-state index in [1.54, 1.807) is 19.2 Å². The summed E-state index contributed by atoms with van der Waals surface area (Å²) < 4.78 is 19.2. The molecule has 2 heterocycles. The van der Waals surface area contributed by atoms with Crippen molar-refractivity contribution in [3.05, 3.63) is 42.3 Å². The maximum Gasteiger partial charge on any atom is 0.213 e. The van der Waals surface area contributed by atoms with Gasteiger partial charge >= 0.3 is 0 Å². The highest BCUT2D eigenvalue weighted by molar-refractivity contribution is 7.21. The van der Waals surface area contributed by atoms with Gasteiger partial charge in [-0.3, -0.25) is 0 Å². The van der Waals surface area contributed by atoms with E-state index in [4.69, 9.17) is 4.74 Å². The summed E-state index contributed by atoms with van der Waals surface area (Å²) in [5, 5.41) is 0.706. The summed E-state index contributed by atoms with van der Waals surface area (Å²) in [4.78, 5) is 8.27. The standard InChI is InChI=1S/C13H9FN2OS/c1-17-8-5-6-11-10(7-8)16-13(18-11)9-3-2-4-12(14)15-9/h2-7H,1H3. The Hall–Kier alpha value is -2.01. The topological polar surface area (TPSA) is 35.0 Å². The van der Waals surface area contributed by atoms with Gasteiger partial charge in [0.25, 0.3) is 0 Å². The van der Waals surface area contributed by atoms with Crippen LogP contribution in [0.3, 0.4) is 0 Å². The van der Waals surface area contributed by atoms with Crippen molar-refractivity contribution < 1.29 is 9.13 Å². The zero-order chi connectivity index (χ0) is 12.5. The average Bonchev–Trinajstić information content (AvgIpc) is 2.81. The summed E-state index contributed by atoms with van der Waals surface area (Å²) in [6, 6.07) is 10.4. The van der Waals surface area contributed by atoms with Crippen LogP contribution in [0.25, 0.3) is 20.9 Å². The summed E-state index contributed by atoms with van der Waals surface area (Å²) in [7, 11) is 1.61. The van der Waals surface area contributed by atoms with Crippen LogP contribution >= 0.6 is 11.3 Å². The van der Waals surface area contributed by atoms with E-state index in [0.717, 1.165) is 16.0 Å². The van der Waals surface area contributed by atoms with Crippen molar-refractivity contribution in [1.82, 2.24) is 9.97 Å². The van der Waals surface area contributed by atoms with Gasteiger partial charge < -0.3 is 4.74 Å². The fourth-order valence-electron chi connectivity index (χ4n) is 1.67. The summed E-state index contributed by atoms with van der Waals surface area (Å²) in [5.74, 6) is 0.260. The second-order valence-electron chi connectivity index (χ2n) is 3.70. The quantitative estimate of drug-likeness (QED) is 0.661. The number of methoxy groups -OCH3 is 1. The van der Waals surface area contributed by atoms with E-state index in [1.165, 1.54) is 17.4 Å². The van der Waals surface area contributed by atoms with Crippen LogP contribution in [0.15, 0.2) is 36.4 Å². The van der Waals surface area contributed by atoms with Crippen LogP contribution in [0.4, 0.5) is 4.39 Å². The van der Waals surface area contributed by atoms with Gasteiger partial charge in [-0.2, -0.15) is 4.39 Å². The molecule has 5 heteroatoms. The Labute approximate surface area is 107 Å². The molecule has 1 aromatic carbocycles. The SMILES string of the molecule is COc1ccc2sc(-c3cccc(F)n3)nc2c1. The molecule has 3 nitrogen and oxygen atoms in total. The molecule has 3 rings (SSSR count). The van der Waals surface area contributed by atoms with Crippen molar-refractivity contribution in [2.24, 2.45) is 0 Å². The number of hydrogen-bond donors (Lipinski definition) is 0. The fraction of sp³-hybridized carbons (Fsp3) is 0.0769. The molecule has 2 aromatic heterocycles. The number of benzene rings is 1. The molecule has 0 unspecified atom stereocenters. The highest BCUT2D eigenvalue weighted by Crippen LogP contribution is 2.31. The lowest BCUT2D eigenvalue weighted by atomic mass is 10.3. The molecular formula is C13H9FN2OS. The highest BCUT2D eigenvalue weighted by atomic mass is 32.1. The first-order chi connectivity index (χ1) is 8.76. The smallest absolute Gasteiger partial charge is 0.213 e. The molecule has 0 aliphatic rings. The first-order valence-corrected chi connectivity index (χ1v) is 6.15. The molecule has 3 aromatic rings. The van der Waals surface area contributed by atoms with E-state index in [-0.39, 0.29) is 0 Å². The second-order valence-corrected chi connectivity index (χ2v) is 4.73. The summed E-state index contributed by atoms with van der Waals surface area (Å²) >= 11 is 1.48. The van der Waals surface area contributed by atoms with Gasteiger partial charge in [-0.05, 0) is 24.3 Å². The van der Waals surface area contributed by atoms with Crippen molar-refractivity contribution in [2.45, 2.75) is 0 Å². The monoisotopic (exact) mass is 260 g/mol. The first kappa shape index (κ1) is 11.1. The zero-order valence-corrected chi connectivity index (χ0v) is 10.4. The predicted molar refractivity (Wildman–Crippen MR) is 69.4 cm³/mol. The molecule has 0 saturated heterocycles. The number of aromatic nitrogens is 2. The van der Waals surface area contributed by atoms with Crippen LogP contribution in [0.1, 0.15) is 0 Å². The molecule has 0 amide bonds. The van der Waals surface area contributed by atoms with Crippen LogP contribution in [0, 0.1) is 5.95 Å². The average molecular weight is 260 g/mol. The van der Waals surface area contributed by atoms with Crippen molar-refractivity contribution in [1.29, 1.82) is 0 Å². The van der Waals surface area contributed by atoms with Gasteiger partial charge in [0.15, 0.2) is 0 Å². The maximum absolute atomic E-state index is 13.1. The third-order valence-corrected chi connectivity index (χ3v) is 3.59. The number of fused-ring (bicyclic) bond motifs is 1. The van der Waals surface area contributed by atoms with E-state index in [0.29, 0.717) is 10.7 Å². The molecule has 0 atom stereocenters. The van der Waals surface area contributed by atoms with Gasteiger partial charge in [0.2, 0.25) is 5.95 Å². The minimum atomic E-state index is -0.496. The van der Waals surface area contributed by atoms with E-state index in [1.807, 2.05) is 18.2 Å². The highest BCUT2D eigenvalue weighted by Gasteiger charge is 2.08. The van der Waals surface area contributed by atoms with Gasteiger partial charge in [0.05, 0.1) is 17.3 Å². The minimum absolute atomic E-state index is 0.496. The Balaban J connectivity index is 2.13. The number of thiazole rings is 1. The minimum Gasteiger partial charge on any atom is -0.497 e. The van der Waals surface area contributed by atoms with Gasteiger partial charge in [-0.15, -0.1) is 11.3 Å². The zero-order valence-electron chi connectivity index (χ0n) is 9.55. The molecule has 0 aliphatic carbocycles. The van der Waals surface area contributed by atoms with Gasteiger partial charge in [-0.1, -0.05) is 6.07 Å². The van der Waals surface area contributed by atoms with Crippen molar-refractivity contribution in [2.75, 3.05) is 7.11 Å². The number of ether oxygens (including phenoxy) is 1. The van der Waals surface area contributed by atoms with Crippen LogP contribution in [-0.4, -0.2) is 17.1 Å². The first-order valence-electron chi connectivity index (χ1n) is 5.34. The largest absolute Gasteiger partial charge is 0.497 e. The Kier molecular flexibility index (Phi) is 2.68. The summed E-state index contributed by atoms with van der Waals surface area (Å²) in [6.07, 6.45) is 0. The lowest BCUT2D eigenvalue weighted by Crippen LogP contribution is -1.85. The van der Waals surface area contributed by atoms with Crippen LogP contribution < -0.4 is 4.74 Å². The molecule has 0 fully saturated rings. The normalized spacial score (nSPS) is 10.8. The molecule has 0 saturated carbocycles. The Bertz CT molecular complexity index is 711. The molecule has 0 N–H and O–H groups in total. The number of halogens is 1. The van der Waals surface area contributed by atoms with Crippen molar-refractivity contribution in [3.63, 3.8) is 0 Å². The molecule has 0 radical (unpaired) electrons. The lowest BCUT2D eigenvalue weighted by Gasteiger charge is -1.96. The van der Waals surface area contributed by atoms with Crippen molar-refractivity contribution >= 4 is 21.6 Å². The molecule has 18 heavy (non-hydrogen) atoms. The maximum atomic E-state index is 13.1. The Morgan fingerprint density at radius 2 is 2.06 bits per heavy atom. The third-order valence-electron chi connectivity index (χ3n) is 2.53. The number of nitrogens with zero attached hydrogens (tertiary/aromatic N) is 2. The van der Waals surface area contributed by atoms with E-state index >= 15 is 0 Å². The molecule has 0 spiro atoms. The number of rotatable bonds is 2. The molecule has 0 aliphatic heterocycles. The van der Waals surface area contributed by atoms with Crippen LogP contribution in [0.2, 0.25) is 0 Å². The fourth-order valence-corrected chi connectivity index (χ4v) is 2.59. The van der Waals surface area contributed by atoms with Gasteiger partial charge in [-0.25, -0.2) is 9.97 Å². The second kappa shape index (κ2) is 4.34. The van der Waals surface area contributed by atoms with Crippen molar-refractivity contribution in [3.8, 4) is 16.5 Å². The molecule has 0 bridgehead atoms.